The summed E-state index contributed by atoms with van der Waals surface area (Å²) in [5, 5.41) is 6.39. The molecule has 0 radical (unpaired) electrons. The van der Waals surface area contributed by atoms with Crippen LogP contribution in [0.15, 0.2) is 16.9 Å². The van der Waals surface area contributed by atoms with Gasteiger partial charge in [-0.25, -0.2) is 9.97 Å². The molecule has 0 aliphatic carbocycles. The molecule has 0 saturated heterocycles. The number of aryl methyl sites for hydroxylation is 1. The number of nitrogens with two attached hydrogens (primary N) is 1. The molecule has 0 aliphatic rings. The third-order valence-corrected chi connectivity index (χ3v) is 2.11. The van der Waals surface area contributed by atoms with Gasteiger partial charge in [0.15, 0.2) is 5.82 Å². The molecular formula is C10H12N6O2. The van der Waals surface area contributed by atoms with Gasteiger partial charge in [-0.2, -0.15) is 4.98 Å². The van der Waals surface area contributed by atoms with Crippen LogP contribution in [0.1, 0.15) is 22.2 Å². The van der Waals surface area contributed by atoms with Gasteiger partial charge in [0.05, 0.1) is 12.4 Å². The average molecular weight is 248 g/mol. The average Bonchev–Trinajstić information content (AvgIpc) is 2.76. The van der Waals surface area contributed by atoms with Crippen LogP contribution in [0, 0.1) is 6.92 Å². The Morgan fingerprint density at radius 1 is 1.44 bits per heavy atom. The van der Waals surface area contributed by atoms with Gasteiger partial charge in [-0.1, -0.05) is 5.16 Å². The standard InChI is InChI=1S/C10H12N6O2/c1-6-15-9(16-18-6)2-3-12-10(17)7-4-14-8(11)5-13-7/h4-5H,2-3H2,1H3,(H2,11,14)(H,12,17). The fraction of sp³-hybridized carbons (Fsp3) is 0.300. The quantitative estimate of drug-likeness (QED) is 0.763. The minimum absolute atomic E-state index is 0.216. The summed E-state index contributed by atoms with van der Waals surface area (Å²) in [6.07, 6.45) is 3.14. The number of hydrogen-bond acceptors (Lipinski definition) is 7. The third kappa shape index (κ3) is 3.00. The van der Waals surface area contributed by atoms with Gasteiger partial charge >= 0.3 is 0 Å². The highest BCUT2D eigenvalue weighted by Gasteiger charge is 2.08. The van der Waals surface area contributed by atoms with Crippen LogP contribution in [-0.4, -0.2) is 32.6 Å². The molecule has 2 rings (SSSR count). The fourth-order valence-electron chi connectivity index (χ4n) is 1.28. The zero-order chi connectivity index (χ0) is 13.0. The Kier molecular flexibility index (Phi) is 3.46. The minimum atomic E-state index is -0.317. The predicted molar refractivity (Wildman–Crippen MR) is 61.5 cm³/mol. The predicted octanol–water partition coefficient (Wildman–Crippen LogP) is -0.277. The summed E-state index contributed by atoms with van der Waals surface area (Å²) in [6.45, 7) is 2.10. The van der Waals surface area contributed by atoms with E-state index in [1.807, 2.05) is 0 Å². The lowest BCUT2D eigenvalue weighted by Gasteiger charge is -2.02. The van der Waals surface area contributed by atoms with Gasteiger partial charge in [0, 0.05) is 19.9 Å². The molecule has 0 atom stereocenters. The first-order valence-electron chi connectivity index (χ1n) is 5.30. The van der Waals surface area contributed by atoms with E-state index >= 15 is 0 Å². The smallest absolute Gasteiger partial charge is 0.271 e. The van der Waals surface area contributed by atoms with Crippen molar-refractivity contribution in [2.24, 2.45) is 0 Å². The first-order valence-corrected chi connectivity index (χ1v) is 5.30. The summed E-state index contributed by atoms with van der Waals surface area (Å²) >= 11 is 0. The van der Waals surface area contributed by atoms with E-state index in [0.717, 1.165) is 0 Å². The Bertz CT molecular complexity index is 536. The lowest BCUT2D eigenvalue weighted by Crippen LogP contribution is -2.27. The lowest BCUT2D eigenvalue weighted by molar-refractivity contribution is 0.0948. The van der Waals surface area contributed by atoms with E-state index in [9.17, 15) is 4.79 Å². The number of carbonyl (C=O) groups excluding carboxylic acids is 1. The van der Waals surface area contributed by atoms with Gasteiger partial charge in [-0.05, 0) is 0 Å². The van der Waals surface area contributed by atoms with E-state index < -0.39 is 0 Å². The fourth-order valence-corrected chi connectivity index (χ4v) is 1.28. The van der Waals surface area contributed by atoms with Gasteiger partial charge in [-0.15, -0.1) is 0 Å². The number of nitrogen functional groups attached to an aromatic ring is 1. The molecule has 2 aromatic rings. The molecule has 0 unspecified atom stereocenters. The second-order valence-electron chi connectivity index (χ2n) is 3.56. The van der Waals surface area contributed by atoms with Gasteiger partial charge in [-0.3, -0.25) is 4.79 Å². The summed E-state index contributed by atoms with van der Waals surface area (Å²) in [5.74, 6) is 1.01. The Balaban J connectivity index is 1.83. The van der Waals surface area contributed by atoms with Crippen LogP contribution in [0.4, 0.5) is 5.82 Å². The van der Waals surface area contributed by atoms with E-state index in [4.69, 9.17) is 10.3 Å². The van der Waals surface area contributed by atoms with Crippen LogP contribution in [0.2, 0.25) is 0 Å². The normalized spacial score (nSPS) is 10.3. The van der Waals surface area contributed by atoms with Crippen molar-refractivity contribution in [3.63, 3.8) is 0 Å². The molecular weight excluding hydrogens is 236 g/mol. The number of hydrogen-bond donors (Lipinski definition) is 2. The molecule has 2 heterocycles. The van der Waals surface area contributed by atoms with Crippen LogP contribution < -0.4 is 11.1 Å². The molecule has 0 fully saturated rings. The summed E-state index contributed by atoms with van der Waals surface area (Å²) in [6, 6.07) is 0. The molecule has 2 aromatic heterocycles. The molecule has 18 heavy (non-hydrogen) atoms. The van der Waals surface area contributed by atoms with Gasteiger partial charge in [0.25, 0.3) is 5.91 Å². The van der Waals surface area contributed by atoms with Crippen molar-refractivity contribution in [1.82, 2.24) is 25.4 Å². The van der Waals surface area contributed by atoms with E-state index in [1.54, 1.807) is 6.92 Å². The molecule has 0 saturated carbocycles. The zero-order valence-corrected chi connectivity index (χ0v) is 9.75. The molecule has 1 amide bonds. The lowest BCUT2D eigenvalue weighted by atomic mass is 10.3. The number of aromatic nitrogens is 4. The Morgan fingerprint density at radius 2 is 2.28 bits per heavy atom. The number of carbonyl (C=O) groups is 1. The monoisotopic (exact) mass is 248 g/mol. The third-order valence-electron chi connectivity index (χ3n) is 2.11. The second-order valence-corrected chi connectivity index (χ2v) is 3.56. The van der Waals surface area contributed by atoms with Crippen LogP contribution >= 0.6 is 0 Å². The first kappa shape index (κ1) is 12.0. The number of nitrogens with one attached hydrogen (secondary N) is 1. The Hall–Kier alpha value is -2.51. The SMILES string of the molecule is Cc1nc(CCNC(=O)c2cnc(N)cn2)no1. The number of rotatable bonds is 4. The maximum Gasteiger partial charge on any atom is 0.271 e. The second kappa shape index (κ2) is 5.21. The Morgan fingerprint density at radius 3 is 2.89 bits per heavy atom. The summed E-state index contributed by atoms with van der Waals surface area (Å²) in [5.41, 5.74) is 5.59. The molecule has 0 aromatic carbocycles. The molecule has 0 aliphatic heterocycles. The van der Waals surface area contributed by atoms with Crippen LogP contribution in [0.25, 0.3) is 0 Å². The zero-order valence-electron chi connectivity index (χ0n) is 9.75. The highest BCUT2D eigenvalue weighted by molar-refractivity contribution is 5.91. The van der Waals surface area contributed by atoms with Crippen molar-refractivity contribution in [2.75, 3.05) is 12.3 Å². The first-order chi connectivity index (χ1) is 8.65. The minimum Gasteiger partial charge on any atom is -0.382 e. The molecule has 0 bridgehead atoms. The van der Waals surface area contributed by atoms with Gasteiger partial charge < -0.3 is 15.6 Å². The van der Waals surface area contributed by atoms with Crippen molar-refractivity contribution in [1.29, 1.82) is 0 Å². The van der Waals surface area contributed by atoms with Gasteiger partial charge in [0.2, 0.25) is 5.89 Å². The van der Waals surface area contributed by atoms with Crippen molar-refractivity contribution < 1.29 is 9.32 Å². The van der Waals surface area contributed by atoms with Crippen molar-refractivity contribution in [3.05, 3.63) is 29.8 Å². The molecule has 3 N–H and O–H groups in total. The summed E-state index contributed by atoms with van der Waals surface area (Å²) < 4.78 is 4.81. The summed E-state index contributed by atoms with van der Waals surface area (Å²) in [7, 11) is 0. The van der Waals surface area contributed by atoms with Crippen molar-refractivity contribution >= 4 is 11.7 Å². The Labute approximate surface area is 103 Å². The number of amides is 1. The van der Waals surface area contributed by atoms with E-state index in [-0.39, 0.29) is 17.4 Å². The van der Waals surface area contributed by atoms with Crippen molar-refractivity contribution in [3.8, 4) is 0 Å². The van der Waals surface area contributed by atoms with Crippen LogP contribution in [0.5, 0.6) is 0 Å². The molecule has 0 spiro atoms. The van der Waals surface area contributed by atoms with Gasteiger partial charge in [0.1, 0.15) is 11.5 Å². The highest BCUT2D eigenvalue weighted by Crippen LogP contribution is 1.97. The molecule has 94 valence electrons. The topological polar surface area (TPSA) is 120 Å². The van der Waals surface area contributed by atoms with Crippen LogP contribution in [-0.2, 0) is 6.42 Å². The summed E-state index contributed by atoms with van der Waals surface area (Å²) in [4.78, 5) is 23.3. The number of anilines is 1. The maximum absolute atomic E-state index is 11.6. The van der Waals surface area contributed by atoms with E-state index in [1.165, 1.54) is 12.4 Å². The van der Waals surface area contributed by atoms with Crippen LogP contribution in [0.3, 0.4) is 0 Å². The van der Waals surface area contributed by atoms with E-state index in [0.29, 0.717) is 24.7 Å². The van der Waals surface area contributed by atoms with E-state index in [2.05, 4.69) is 25.4 Å². The largest absolute Gasteiger partial charge is 0.382 e. The van der Waals surface area contributed by atoms with Crippen molar-refractivity contribution in [2.45, 2.75) is 13.3 Å². The maximum atomic E-state index is 11.6. The molecule has 8 nitrogen and oxygen atoms in total. The number of nitrogens with zero attached hydrogens (tertiary/aromatic N) is 4. The molecule has 8 heteroatoms. The highest BCUT2D eigenvalue weighted by atomic mass is 16.5.